The van der Waals surface area contributed by atoms with Crippen LogP contribution in [0.5, 0.6) is 0 Å². The molecule has 3 heterocycles. The zero-order valence-electron chi connectivity index (χ0n) is 10.9. The van der Waals surface area contributed by atoms with Gasteiger partial charge in [-0.25, -0.2) is 15.0 Å². The van der Waals surface area contributed by atoms with Gasteiger partial charge in [-0.3, -0.25) is 4.57 Å². The third kappa shape index (κ3) is 2.43. The molecule has 1 aliphatic rings. The molecule has 1 saturated heterocycles. The van der Waals surface area contributed by atoms with Crippen molar-refractivity contribution in [1.82, 2.24) is 19.5 Å². The standard InChI is InChI=1S/C10H13N5O3.CH4O/c11-9-8-10(13-3-12-9)15(4-14-8)7-1-5(17)6(2-16)18-7;1-2/h3-7,16-17H,1-2H2,(H2,11,12,13);2H,1H3/t5-,6+,7+;/m0./s1. The van der Waals surface area contributed by atoms with Crippen LogP contribution in [-0.2, 0) is 4.74 Å². The molecule has 110 valence electrons. The van der Waals surface area contributed by atoms with Crippen LogP contribution in [0.4, 0.5) is 5.82 Å². The Bertz CT molecular complexity index is 575. The first-order chi connectivity index (χ1) is 9.70. The number of nitrogens with two attached hydrogens (primary N) is 1. The number of fused-ring (bicyclic) bond motifs is 1. The highest BCUT2D eigenvalue weighted by Gasteiger charge is 2.35. The Balaban J connectivity index is 0.000000704. The van der Waals surface area contributed by atoms with E-state index < -0.39 is 18.4 Å². The Morgan fingerprint density at radius 3 is 2.80 bits per heavy atom. The fraction of sp³-hybridized carbons (Fsp3) is 0.545. The van der Waals surface area contributed by atoms with Gasteiger partial charge in [-0.05, 0) is 0 Å². The first-order valence-electron chi connectivity index (χ1n) is 6.03. The van der Waals surface area contributed by atoms with Gasteiger partial charge in [0.15, 0.2) is 11.5 Å². The van der Waals surface area contributed by atoms with Crippen molar-refractivity contribution in [3.05, 3.63) is 12.7 Å². The lowest BCUT2D eigenvalue weighted by molar-refractivity contribution is -0.0432. The van der Waals surface area contributed by atoms with E-state index >= 15 is 0 Å². The minimum absolute atomic E-state index is 0.221. The maximum absolute atomic E-state index is 9.71. The molecular formula is C11H17N5O4. The summed E-state index contributed by atoms with van der Waals surface area (Å²) in [4.78, 5) is 12.1. The lowest BCUT2D eigenvalue weighted by atomic mass is 10.2. The number of aromatic nitrogens is 4. The molecule has 0 aliphatic carbocycles. The van der Waals surface area contributed by atoms with Crippen LogP contribution in [0.25, 0.3) is 11.2 Å². The van der Waals surface area contributed by atoms with E-state index in [9.17, 15) is 5.11 Å². The molecule has 0 spiro atoms. The van der Waals surface area contributed by atoms with Gasteiger partial charge in [-0.1, -0.05) is 0 Å². The maximum Gasteiger partial charge on any atom is 0.167 e. The molecule has 5 N–H and O–H groups in total. The summed E-state index contributed by atoms with van der Waals surface area (Å²) in [5.41, 5.74) is 6.75. The number of rotatable bonds is 2. The van der Waals surface area contributed by atoms with Crippen LogP contribution >= 0.6 is 0 Å². The molecule has 0 amide bonds. The smallest absolute Gasteiger partial charge is 0.167 e. The van der Waals surface area contributed by atoms with Crippen LogP contribution in [0.15, 0.2) is 12.7 Å². The number of ether oxygens (including phenoxy) is 1. The van der Waals surface area contributed by atoms with E-state index in [1.807, 2.05) is 0 Å². The van der Waals surface area contributed by atoms with Gasteiger partial charge in [0.25, 0.3) is 0 Å². The van der Waals surface area contributed by atoms with E-state index in [1.165, 1.54) is 6.33 Å². The van der Waals surface area contributed by atoms with E-state index in [2.05, 4.69) is 15.0 Å². The van der Waals surface area contributed by atoms with Crippen molar-refractivity contribution in [1.29, 1.82) is 0 Å². The van der Waals surface area contributed by atoms with Crippen LogP contribution in [0, 0.1) is 0 Å². The summed E-state index contributed by atoms with van der Waals surface area (Å²) in [5.74, 6) is 0.302. The summed E-state index contributed by atoms with van der Waals surface area (Å²) in [6.45, 7) is -0.221. The Labute approximate surface area is 114 Å². The normalized spacial score (nSPS) is 25.5. The van der Waals surface area contributed by atoms with Crippen LogP contribution in [0.3, 0.4) is 0 Å². The summed E-state index contributed by atoms with van der Waals surface area (Å²) in [6.07, 6.45) is 1.60. The molecule has 2 aromatic rings. The van der Waals surface area contributed by atoms with Crippen molar-refractivity contribution in [2.24, 2.45) is 0 Å². The van der Waals surface area contributed by atoms with E-state index in [0.29, 0.717) is 23.4 Å². The number of nitrogens with zero attached hydrogens (tertiary/aromatic N) is 4. The van der Waals surface area contributed by atoms with Gasteiger partial charge in [0.2, 0.25) is 0 Å². The van der Waals surface area contributed by atoms with Crippen molar-refractivity contribution in [3.63, 3.8) is 0 Å². The second-order valence-electron chi connectivity index (χ2n) is 4.20. The number of nitrogen functional groups attached to an aromatic ring is 1. The average Bonchev–Trinajstić information content (AvgIpc) is 3.05. The Kier molecular flexibility index (Phi) is 4.45. The fourth-order valence-corrected chi connectivity index (χ4v) is 2.13. The average molecular weight is 283 g/mol. The van der Waals surface area contributed by atoms with Gasteiger partial charge in [0.1, 0.15) is 24.2 Å². The maximum atomic E-state index is 9.71. The predicted octanol–water partition coefficient (Wildman–Crippen LogP) is -1.34. The number of anilines is 1. The van der Waals surface area contributed by atoms with Crippen molar-refractivity contribution in [2.75, 3.05) is 19.5 Å². The number of hydrogen-bond acceptors (Lipinski definition) is 8. The van der Waals surface area contributed by atoms with Crippen LogP contribution < -0.4 is 5.73 Å². The summed E-state index contributed by atoms with van der Waals surface area (Å²) < 4.78 is 7.22. The van der Waals surface area contributed by atoms with Gasteiger partial charge in [-0.15, -0.1) is 0 Å². The second kappa shape index (κ2) is 6.09. The second-order valence-corrected chi connectivity index (χ2v) is 4.20. The minimum atomic E-state index is -0.698. The lowest BCUT2D eigenvalue weighted by Gasteiger charge is -2.13. The number of aliphatic hydroxyl groups is 3. The van der Waals surface area contributed by atoms with E-state index in [0.717, 1.165) is 7.11 Å². The summed E-state index contributed by atoms with van der Waals surface area (Å²) >= 11 is 0. The highest BCUT2D eigenvalue weighted by atomic mass is 16.5. The SMILES string of the molecule is CO.Nc1ncnc2c1ncn2[C@H]1C[C@H](O)[C@@H](CO)O1. The Morgan fingerprint density at radius 1 is 1.40 bits per heavy atom. The molecule has 0 radical (unpaired) electrons. The molecule has 0 bridgehead atoms. The molecule has 3 atom stereocenters. The van der Waals surface area contributed by atoms with Crippen molar-refractivity contribution in [3.8, 4) is 0 Å². The molecule has 9 heteroatoms. The monoisotopic (exact) mass is 283 g/mol. The molecule has 3 rings (SSSR count). The molecule has 0 unspecified atom stereocenters. The molecule has 0 aromatic carbocycles. The number of imidazole rings is 1. The Morgan fingerprint density at radius 2 is 2.15 bits per heavy atom. The first kappa shape index (κ1) is 14.6. The van der Waals surface area contributed by atoms with Crippen molar-refractivity contribution in [2.45, 2.75) is 24.9 Å². The van der Waals surface area contributed by atoms with Gasteiger partial charge in [0.05, 0.1) is 19.0 Å². The first-order valence-corrected chi connectivity index (χ1v) is 6.03. The Hall–Kier alpha value is -1.81. The molecular weight excluding hydrogens is 266 g/mol. The number of aliphatic hydroxyl groups excluding tert-OH is 3. The zero-order valence-corrected chi connectivity index (χ0v) is 10.9. The summed E-state index contributed by atoms with van der Waals surface area (Å²) in [5, 5.41) is 25.8. The number of hydrogen-bond donors (Lipinski definition) is 4. The van der Waals surface area contributed by atoms with Gasteiger partial charge >= 0.3 is 0 Å². The molecule has 0 saturated carbocycles. The molecule has 1 aliphatic heterocycles. The molecule has 9 nitrogen and oxygen atoms in total. The largest absolute Gasteiger partial charge is 0.400 e. The van der Waals surface area contributed by atoms with Crippen molar-refractivity contribution < 1.29 is 20.1 Å². The third-order valence-corrected chi connectivity index (χ3v) is 3.08. The summed E-state index contributed by atoms with van der Waals surface area (Å²) in [7, 11) is 1.00. The molecule has 2 aromatic heterocycles. The van der Waals surface area contributed by atoms with Gasteiger partial charge < -0.3 is 25.8 Å². The lowest BCUT2D eigenvalue weighted by Crippen LogP contribution is -2.24. The summed E-state index contributed by atoms with van der Waals surface area (Å²) in [6, 6.07) is 0. The van der Waals surface area contributed by atoms with Crippen LogP contribution in [-0.4, -0.2) is 60.8 Å². The van der Waals surface area contributed by atoms with Crippen molar-refractivity contribution >= 4 is 17.0 Å². The van der Waals surface area contributed by atoms with E-state index in [-0.39, 0.29) is 6.61 Å². The van der Waals surface area contributed by atoms with Gasteiger partial charge in [-0.2, -0.15) is 0 Å². The minimum Gasteiger partial charge on any atom is -0.400 e. The predicted molar refractivity (Wildman–Crippen MR) is 69.5 cm³/mol. The van der Waals surface area contributed by atoms with E-state index in [1.54, 1.807) is 10.9 Å². The van der Waals surface area contributed by atoms with Crippen LogP contribution in [0.1, 0.15) is 12.6 Å². The molecule has 1 fully saturated rings. The zero-order chi connectivity index (χ0) is 14.7. The topological polar surface area (TPSA) is 140 Å². The van der Waals surface area contributed by atoms with Gasteiger partial charge in [0, 0.05) is 13.5 Å². The molecule has 20 heavy (non-hydrogen) atoms. The van der Waals surface area contributed by atoms with E-state index in [4.69, 9.17) is 20.7 Å². The highest BCUT2D eigenvalue weighted by molar-refractivity contribution is 5.81. The quantitative estimate of drug-likeness (QED) is 0.531. The fourth-order valence-electron chi connectivity index (χ4n) is 2.13. The highest BCUT2D eigenvalue weighted by Crippen LogP contribution is 2.30. The van der Waals surface area contributed by atoms with Crippen LogP contribution in [0.2, 0.25) is 0 Å². The third-order valence-electron chi connectivity index (χ3n) is 3.08.